The third-order valence-electron chi connectivity index (χ3n) is 5.91. The SMILES string of the molecule is COCCNCCC(=O)Nc1sc2c(c1-c1nc3ccc(-c4ccnn4C)cc3s1)CCNC2. The van der Waals surface area contributed by atoms with Gasteiger partial charge in [-0.2, -0.15) is 5.10 Å². The monoisotopic (exact) mass is 496 g/mol. The minimum Gasteiger partial charge on any atom is -0.383 e. The number of hydrogen-bond acceptors (Lipinski definition) is 8. The van der Waals surface area contributed by atoms with Gasteiger partial charge in [0.2, 0.25) is 5.91 Å². The normalized spacial score (nSPS) is 13.4. The summed E-state index contributed by atoms with van der Waals surface area (Å²) in [4.78, 5) is 19.0. The van der Waals surface area contributed by atoms with Crippen LogP contribution in [0.4, 0.5) is 5.00 Å². The van der Waals surface area contributed by atoms with Gasteiger partial charge in [0.25, 0.3) is 0 Å². The first-order valence-electron chi connectivity index (χ1n) is 11.4. The summed E-state index contributed by atoms with van der Waals surface area (Å²) in [6, 6.07) is 8.36. The van der Waals surface area contributed by atoms with Crippen molar-refractivity contribution in [2.24, 2.45) is 7.05 Å². The van der Waals surface area contributed by atoms with E-state index in [9.17, 15) is 4.79 Å². The number of amides is 1. The smallest absolute Gasteiger partial charge is 0.226 e. The Morgan fingerprint density at radius 3 is 3.00 bits per heavy atom. The Labute approximate surface area is 206 Å². The second kappa shape index (κ2) is 10.3. The van der Waals surface area contributed by atoms with Crippen molar-refractivity contribution >= 4 is 43.8 Å². The average molecular weight is 497 g/mol. The maximum atomic E-state index is 12.7. The molecule has 0 bridgehead atoms. The summed E-state index contributed by atoms with van der Waals surface area (Å²) < 4.78 is 8.04. The predicted molar refractivity (Wildman–Crippen MR) is 139 cm³/mol. The number of fused-ring (bicyclic) bond motifs is 2. The number of carbonyl (C=O) groups is 1. The van der Waals surface area contributed by atoms with Crippen LogP contribution in [0, 0.1) is 0 Å². The van der Waals surface area contributed by atoms with E-state index < -0.39 is 0 Å². The number of aryl methyl sites for hydroxylation is 1. The molecule has 0 unspecified atom stereocenters. The number of nitrogens with one attached hydrogen (secondary N) is 3. The molecule has 0 radical (unpaired) electrons. The highest BCUT2D eigenvalue weighted by atomic mass is 32.1. The summed E-state index contributed by atoms with van der Waals surface area (Å²) in [5, 5.41) is 16.0. The number of anilines is 1. The Morgan fingerprint density at radius 1 is 1.26 bits per heavy atom. The highest BCUT2D eigenvalue weighted by molar-refractivity contribution is 7.23. The Hall–Kier alpha value is -2.63. The molecule has 0 atom stereocenters. The number of hydrogen-bond donors (Lipinski definition) is 3. The van der Waals surface area contributed by atoms with Gasteiger partial charge in [0.15, 0.2) is 0 Å². The van der Waals surface area contributed by atoms with Crippen LogP contribution in [0.2, 0.25) is 0 Å². The molecule has 5 rings (SSSR count). The lowest BCUT2D eigenvalue weighted by Gasteiger charge is -2.13. The van der Waals surface area contributed by atoms with Crippen LogP contribution in [0.1, 0.15) is 16.9 Å². The summed E-state index contributed by atoms with van der Waals surface area (Å²) in [5.41, 5.74) is 5.56. The second-order valence-electron chi connectivity index (χ2n) is 8.22. The molecule has 3 aromatic heterocycles. The number of methoxy groups -OCH3 is 1. The molecule has 1 aromatic carbocycles. The van der Waals surface area contributed by atoms with Crippen LogP contribution in [0.5, 0.6) is 0 Å². The zero-order valence-electron chi connectivity index (χ0n) is 19.3. The lowest BCUT2D eigenvalue weighted by molar-refractivity contribution is -0.116. The number of ether oxygens (including phenoxy) is 1. The average Bonchev–Trinajstić information content (AvgIpc) is 3.54. The molecule has 4 aromatic rings. The molecule has 1 aliphatic rings. The van der Waals surface area contributed by atoms with Crippen molar-refractivity contribution in [2.75, 3.05) is 38.7 Å². The number of nitrogens with zero attached hydrogens (tertiary/aromatic N) is 3. The van der Waals surface area contributed by atoms with E-state index in [1.165, 1.54) is 10.4 Å². The molecule has 0 fully saturated rings. The molecule has 8 nitrogen and oxygen atoms in total. The maximum Gasteiger partial charge on any atom is 0.226 e. The molecule has 34 heavy (non-hydrogen) atoms. The molecule has 4 heterocycles. The molecular formula is C24H28N6O2S2. The van der Waals surface area contributed by atoms with E-state index in [0.717, 1.165) is 63.1 Å². The molecular weight excluding hydrogens is 468 g/mol. The lowest BCUT2D eigenvalue weighted by atomic mass is 10.0. The van der Waals surface area contributed by atoms with E-state index in [1.54, 1.807) is 29.8 Å². The maximum absolute atomic E-state index is 12.7. The van der Waals surface area contributed by atoms with E-state index in [0.29, 0.717) is 19.6 Å². The number of rotatable bonds is 9. The topological polar surface area (TPSA) is 93.1 Å². The fourth-order valence-electron chi connectivity index (χ4n) is 4.19. The minimum atomic E-state index is 0.0114. The van der Waals surface area contributed by atoms with E-state index in [1.807, 2.05) is 24.0 Å². The van der Waals surface area contributed by atoms with Crippen molar-refractivity contribution in [1.29, 1.82) is 0 Å². The van der Waals surface area contributed by atoms with Crippen molar-refractivity contribution < 1.29 is 9.53 Å². The van der Waals surface area contributed by atoms with Crippen LogP contribution in [-0.2, 0) is 29.5 Å². The fraction of sp³-hybridized carbons (Fsp3) is 0.375. The second-order valence-corrected chi connectivity index (χ2v) is 10.4. The molecule has 0 saturated carbocycles. The van der Waals surface area contributed by atoms with Gasteiger partial charge in [-0.1, -0.05) is 6.07 Å². The van der Waals surface area contributed by atoms with Gasteiger partial charge in [-0.3, -0.25) is 9.48 Å². The minimum absolute atomic E-state index is 0.0114. The van der Waals surface area contributed by atoms with E-state index in [-0.39, 0.29) is 5.91 Å². The fourth-order valence-corrected chi connectivity index (χ4v) is 6.57. The largest absolute Gasteiger partial charge is 0.383 e. The van der Waals surface area contributed by atoms with Crippen molar-refractivity contribution in [1.82, 2.24) is 25.4 Å². The molecule has 10 heteroatoms. The van der Waals surface area contributed by atoms with Gasteiger partial charge in [0.05, 0.1) is 22.5 Å². The summed E-state index contributed by atoms with van der Waals surface area (Å²) >= 11 is 3.35. The van der Waals surface area contributed by atoms with E-state index >= 15 is 0 Å². The molecule has 1 aliphatic heterocycles. The molecule has 178 valence electrons. The van der Waals surface area contributed by atoms with Gasteiger partial charge >= 0.3 is 0 Å². The number of thiazole rings is 1. The van der Waals surface area contributed by atoms with Crippen LogP contribution in [0.25, 0.3) is 32.0 Å². The van der Waals surface area contributed by atoms with Crippen LogP contribution in [-0.4, -0.2) is 54.0 Å². The third kappa shape index (κ3) is 4.77. The third-order valence-corrected chi connectivity index (χ3v) is 8.09. The summed E-state index contributed by atoms with van der Waals surface area (Å²) in [6.45, 7) is 3.76. The van der Waals surface area contributed by atoms with Crippen molar-refractivity contribution in [3.63, 3.8) is 0 Å². The molecule has 0 saturated heterocycles. The highest BCUT2D eigenvalue weighted by Gasteiger charge is 2.25. The zero-order valence-corrected chi connectivity index (χ0v) is 20.9. The Kier molecular flexibility index (Phi) is 7.02. The first-order valence-corrected chi connectivity index (χ1v) is 13.0. The van der Waals surface area contributed by atoms with Crippen molar-refractivity contribution in [3.05, 3.63) is 40.9 Å². The number of benzene rings is 1. The van der Waals surface area contributed by atoms with Crippen LogP contribution < -0.4 is 16.0 Å². The summed E-state index contributed by atoms with van der Waals surface area (Å²) in [7, 11) is 3.62. The summed E-state index contributed by atoms with van der Waals surface area (Å²) in [6.07, 6.45) is 3.16. The molecule has 0 aliphatic carbocycles. The Balaban J connectivity index is 1.43. The van der Waals surface area contributed by atoms with Crippen LogP contribution in [0.15, 0.2) is 30.5 Å². The predicted octanol–water partition coefficient (Wildman–Crippen LogP) is 3.64. The Morgan fingerprint density at radius 2 is 2.18 bits per heavy atom. The van der Waals surface area contributed by atoms with Crippen molar-refractivity contribution in [2.45, 2.75) is 19.4 Å². The highest BCUT2D eigenvalue weighted by Crippen LogP contribution is 2.45. The summed E-state index contributed by atoms with van der Waals surface area (Å²) in [5.74, 6) is 0.0114. The standard InChI is InChI=1S/C24H28N6O2S2/c1-30-18(6-10-27-30)15-3-4-17-19(13-15)33-23(28-17)22-16-5-8-26-14-20(16)34-24(22)29-21(31)7-9-25-11-12-32-2/h3-4,6,10,13,25-26H,5,7-9,11-12,14H2,1-2H3,(H,29,31). The number of carbonyl (C=O) groups excluding carboxylic acids is 1. The van der Waals surface area contributed by atoms with Gasteiger partial charge in [0, 0.05) is 62.4 Å². The quantitative estimate of drug-likeness (QED) is 0.307. The van der Waals surface area contributed by atoms with Gasteiger partial charge in [-0.15, -0.1) is 22.7 Å². The van der Waals surface area contributed by atoms with Gasteiger partial charge < -0.3 is 20.7 Å². The first kappa shape index (κ1) is 23.1. The van der Waals surface area contributed by atoms with Gasteiger partial charge in [-0.05, 0) is 36.7 Å². The van der Waals surface area contributed by atoms with Gasteiger partial charge in [-0.25, -0.2) is 4.98 Å². The lowest BCUT2D eigenvalue weighted by Crippen LogP contribution is -2.24. The number of thiophene rings is 1. The van der Waals surface area contributed by atoms with Crippen LogP contribution in [0.3, 0.4) is 0 Å². The van der Waals surface area contributed by atoms with E-state index in [4.69, 9.17) is 9.72 Å². The van der Waals surface area contributed by atoms with Crippen molar-refractivity contribution in [3.8, 4) is 21.8 Å². The van der Waals surface area contributed by atoms with E-state index in [2.05, 4.69) is 39.2 Å². The first-order chi connectivity index (χ1) is 16.6. The molecule has 1 amide bonds. The molecule has 3 N–H and O–H groups in total. The zero-order chi connectivity index (χ0) is 23.5. The number of aromatic nitrogens is 3. The van der Waals surface area contributed by atoms with Gasteiger partial charge in [0.1, 0.15) is 10.0 Å². The molecule has 0 spiro atoms. The van der Waals surface area contributed by atoms with Crippen LogP contribution >= 0.6 is 22.7 Å². The Bertz CT molecular complexity index is 1310.